The van der Waals surface area contributed by atoms with Gasteiger partial charge in [-0.25, -0.2) is 13.6 Å². The lowest BCUT2D eigenvalue weighted by Crippen LogP contribution is -2.21. The Balaban J connectivity index is 3.10. The van der Waals surface area contributed by atoms with E-state index in [4.69, 9.17) is 28.3 Å². The molecule has 8 heteroatoms. The molecule has 1 aromatic rings. The number of amides is 1. The number of hydrogen-bond acceptors (Lipinski definition) is 3. The van der Waals surface area contributed by atoms with Crippen LogP contribution in [-0.2, 0) is 14.8 Å². The number of halogens is 2. The Hall–Kier alpha value is -0.820. The second-order valence-electron chi connectivity index (χ2n) is 3.30. The van der Waals surface area contributed by atoms with Crippen LogP contribution in [0, 0.1) is 0 Å². The summed E-state index contributed by atoms with van der Waals surface area (Å²) in [5.74, 6) is -0.450. The number of benzene rings is 1. The van der Waals surface area contributed by atoms with Gasteiger partial charge in [0.05, 0.1) is 5.02 Å². The van der Waals surface area contributed by atoms with E-state index >= 15 is 0 Å². The lowest BCUT2D eigenvalue weighted by molar-refractivity contribution is -0.115. The average molecular weight is 297 g/mol. The van der Waals surface area contributed by atoms with Crippen LogP contribution in [0.5, 0.6) is 0 Å². The lowest BCUT2D eigenvalue weighted by atomic mass is 10.3. The van der Waals surface area contributed by atoms with E-state index in [2.05, 4.69) is 5.32 Å². The van der Waals surface area contributed by atoms with E-state index in [0.717, 1.165) is 0 Å². The van der Waals surface area contributed by atoms with Crippen molar-refractivity contribution in [3.8, 4) is 0 Å². The third-order valence-corrected chi connectivity index (χ3v) is 3.46. The number of anilines is 1. The van der Waals surface area contributed by atoms with E-state index in [9.17, 15) is 13.2 Å². The monoisotopic (exact) mass is 296 g/mol. The molecular formula is C9H10Cl2N2O3S. The predicted octanol–water partition coefficient (Wildman–Crippen LogP) is 1.55. The van der Waals surface area contributed by atoms with Gasteiger partial charge < -0.3 is 5.32 Å². The van der Waals surface area contributed by atoms with Gasteiger partial charge in [0, 0.05) is 5.69 Å². The second-order valence-corrected chi connectivity index (χ2v) is 5.89. The Bertz CT molecular complexity index is 543. The Labute approximate surface area is 109 Å². The fourth-order valence-electron chi connectivity index (χ4n) is 1.04. The Kier molecular flexibility index (Phi) is 4.37. The highest BCUT2D eigenvalue weighted by atomic mass is 35.5. The van der Waals surface area contributed by atoms with Crippen LogP contribution < -0.4 is 10.5 Å². The van der Waals surface area contributed by atoms with Crippen LogP contribution in [0.15, 0.2) is 23.1 Å². The molecule has 0 aliphatic carbocycles. The number of alkyl halides is 1. The molecule has 0 spiro atoms. The van der Waals surface area contributed by atoms with Crippen LogP contribution in [0.25, 0.3) is 0 Å². The molecule has 1 atom stereocenters. The maximum absolute atomic E-state index is 11.3. The van der Waals surface area contributed by atoms with Crippen molar-refractivity contribution in [3.63, 3.8) is 0 Å². The number of nitrogens with one attached hydrogen (secondary N) is 1. The van der Waals surface area contributed by atoms with Gasteiger partial charge in [-0.3, -0.25) is 4.79 Å². The number of rotatable bonds is 3. The van der Waals surface area contributed by atoms with Crippen LogP contribution >= 0.6 is 23.2 Å². The maximum Gasteiger partial charge on any atom is 0.242 e. The lowest BCUT2D eigenvalue weighted by Gasteiger charge is -2.08. The molecule has 0 aliphatic heterocycles. The molecular weight excluding hydrogens is 287 g/mol. The summed E-state index contributed by atoms with van der Waals surface area (Å²) in [7, 11) is -3.93. The van der Waals surface area contributed by atoms with Crippen molar-refractivity contribution in [2.75, 3.05) is 5.32 Å². The summed E-state index contributed by atoms with van der Waals surface area (Å²) >= 11 is 11.2. The zero-order valence-electron chi connectivity index (χ0n) is 8.78. The van der Waals surface area contributed by atoms with Gasteiger partial charge in [0.25, 0.3) is 0 Å². The van der Waals surface area contributed by atoms with Gasteiger partial charge in [-0.1, -0.05) is 11.6 Å². The normalized spacial score (nSPS) is 13.2. The third-order valence-electron chi connectivity index (χ3n) is 1.87. The molecule has 0 saturated heterocycles. The van der Waals surface area contributed by atoms with Crippen molar-refractivity contribution in [1.82, 2.24) is 0 Å². The summed E-state index contributed by atoms with van der Waals surface area (Å²) in [4.78, 5) is 11.1. The number of carbonyl (C=O) groups excluding carboxylic acids is 1. The van der Waals surface area contributed by atoms with Gasteiger partial charge in [-0.2, -0.15) is 0 Å². The van der Waals surface area contributed by atoms with Crippen LogP contribution in [0.3, 0.4) is 0 Å². The van der Waals surface area contributed by atoms with Gasteiger partial charge in [0.15, 0.2) is 0 Å². The minimum atomic E-state index is -3.93. The van der Waals surface area contributed by atoms with Crippen molar-refractivity contribution in [2.24, 2.45) is 5.14 Å². The van der Waals surface area contributed by atoms with Crippen molar-refractivity contribution < 1.29 is 13.2 Å². The van der Waals surface area contributed by atoms with E-state index in [1.54, 1.807) is 0 Å². The molecule has 5 nitrogen and oxygen atoms in total. The quantitative estimate of drug-likeness (QED) is 0.829. The van der Waals surface area contributed by atoms with Gasteiger partial charge in [-0.05, 0) is 25.1 Å². The Morgan fingerprint density at radius 3 is 2.53 bits per heavy atom. The van der Waals surface area contributed by atoms with Gasteiger partial charge in [0.2, 0.25) is 15.9 Å². The van der Waals surface area contributed by atoms with E-state index in [1.807, 2.05) is 0 Å². The first-order valence-corrected chi connectivity index (χ1v) is 6.85. The van der Waals surface area contributed by atoms with Crippen molar-refractivity contribution >= 4 is 44.8 Å². The van der Waals surface area contributed by atoms with Gasteiger partial charge >= 0.3 is 0 Å². The topological polar surface area (TPSA) is 89.3 Å². The molecule has 0 aromatic heterocycles. The minimum Gasteiger partial charge on any atom is -0.325 e. The van der Waals surface area contributed by atoms with Crippen LogP contribution in [0.1, 0.15) is 6.92 Å². The summed E-state index contributed by atoms with van der Waals surface area (Å²) in [5, 5.41) is 6.66. The Morgan fingerprint density at radius 1 is 1.47 bits per heavy atom. The number of carbonyl (C=O) groups is 1. The molecule has 1 aromatic carbocycles. The smallest absolute Gasteiger partial charge is 0.242 e. The molecule has 0 aliphatic rings. The molecule has 1 rings (SSSR count). The molecule has 0 fully saturated rings. The highest BCUT2D eigenvalue weighted by Gasteiger charge is 2.15. The first kappa shape index (κ1) is 14.2. The molecule has 1 unspecified atom stereocenters. The first-order valence-electron chi connectivity index (χ1n) is 4.49. The van der Waals surface area contributed by atoms with Crippen LogP contribution in [-0.4, -0.2) is 19.7 Å². The van der Waals surface area contributed by atoms with E-state index in [1.165, 1.54) is 25.1 Å². The van der Waals surface area contributed by atoms with Gasteiger partial charge in [-0.15, -0.1) is 11.6 Å². The number of hydrogen-bond donors (Lipinski definition) is 2. The van der Waals surface area contributed by atoms with Crippen molar-refractivity contribution in [1.29, 1.82) is 0 Å². The molecule has 17 heavy (non-hydrogen) atoms. The second kappa shape index (κ2) is 5.22. The molecule has 0 saturated carbocycles. The zero-order chi connectivity index (χ0) is 13.2. The van der Waals surface area contributed by atoms with E-state index in [0.29, 0.717) is 0 Å². The summed E-state index contributed by atoms with van der Waals surface area (Å²) in [5.41, 5.74) is 0.260. The third kappa shape index (κ3) is 3.85. The Morgan fingerprint density at radius 2 is 2.06 bits per heavy atom. The standard InChI is InChI=1S/C9H10Cl2N2O3S/c1-5(10)9(14)13-6-2-3-7(11)8(4-6)17(12,15)16/h2-5H,1H3,(H,13,14)(H2,12,15,16). The van der Waals surface area contributed by atoms with Crippen molar-refractivity contribution in [3.05, 3.63) is 23.2 Å². The zero-order valence-corrected chi connectivity index (χ0v) is 11.1. The molecule has 94 valence electrons. The average Bonchev–Trinajstić information content (AvgIpc) is 2.19. The molecule has 0 radical (unpaired) electrons. The molecule has 0 heterocycles. The molecule has 0 bridgehead atoms. The number of primary sulfonamides is 1. The fraction of sp³-hybridized carbons (Fsp3) is 0.222. The SMILES string of the molecule is CC(Cl)C(=O)Nc1ccc(Cl)c(S(N)(=O)=O)c1. The molecule has 1 amide bonds. The largest absolute Gasteiger partial charge is 0.325 e. The number of sulfonamides is 1. The van der Waals surface area contributed by atoms with Crippen LogP contribution in [0.4, 0.5) is 5.69 Å². The number of nitrogens with two attached hydrogens (primary N) is 1. The van der Waals surface area contributed by atoms with Crippen molar-refractivity contribution in [2.45, 2.75) is 17.2 Å². The fourth-order valence-corrected chi connectivity index (χ4v) is 2.17. The predicted molar refractivity (Wildman–Crippen MR) is 66.8 cm³/mol. The van der Waals surface area contributed by atoms with Crippen LogP contribution in [0.2, 0.25) is 5.02 Å². The van der Waals surface area contributed by atoms with Gasteiger partial charge in [0.1, 0.15) is 10.3 Å². The highest BCUT2D eigenvalue weighted by molar-refractivity contribution is 7.89. The molecule has 3 N–H and O–H groups in total. The summed E-state index contributed by atoms with van der Waals surface area (Å²) < 4.78 is 22.4. The maximum atomic E-state index is 11.3. The van der Waals surface area contributed by atoms with E-state index in [-0.39, 0.29) is 15.6 Å². The van der Waals surface area contributed by atoms with E-state index < -0.39 is 21.3 Å². The summed E-state index contributed by atoms with van der Waals surface area (Å²) in [6.45, 7) is 1.49. The highest BCUT2D eigenvalue weighted by Crippen LogP contribution is 2.24. The summed E-state index contributed by atoms with van der Waals surface area (Å²) in [6.07, 6.45) is 0. The first-order chi connectivity index (χ1) is 7.71. The summed E-state index contributed by atoms with van der Waals surface area (Å²) in [6, 6.07) is 3.96. The minimum absolute atomic E-state index is 0.00980.